The molecule has 2 heteroatoms. The largest absolute Gasteiger partial charge is 0.293 e. The molecule has 0 aromatic heterocycles. The summed E-state index contributed by atoms with van der Waals surface area (Å²) in [5, 5.41) is 0. The molecule has 0 aliphatic heterocycles. The van der Waals surface area contributed by atoms with Crippen LogP contribution in [0.1, 0.15) is 57.6 Å². The first-order valence-corrected chi connectivity index (χ1v) is 8.66. The molecule has 1 N–H and O–H groups in total. The molecular formula is C20H29NO. The van der Waals surface area contributed by atoms with E-state index in [1.165, 1.54) is 18.4 Å². The Bertz CT molecular complexity index is 454. The van der Waals surface area contributed by atoms with E-state index in [0.717, 1.165) is 19.3 Å². The standard InChI is InChI=1S/C20H29NO/c1-3-5-16-19(17-12-9-10-13-17)21-22-20(11-4-2)18-14-7-6-8-15-18/h6-10,12-15,17,19-21H,3-5,11,16H2,1-2H3/t19-,20-/m0/s1. The highest BCUT2D eigenvalue weighted by molar-refractivity contribution is 5.20. The quantitative estimate of drug-likeness (QED) is 0.588. The number of nitrogens with one attached hydrogen (secondary N) is 1. The second-order valence-electron chi connectivity index (χ2n) is 6.02. The van der Waals surface area contributed by atoms with Crippen LogP contribution >= 0.6 is 0 Å². The maximum atomic E-state index is 6.12. The first-order valence-electron chi connectivity index (χ1n) is 8.66. The van der Waals surface area contributed by atoms with Gasteiger partial charge >= 0.3 is 0 Å². The molecule has 0 radical (unpaired) electrons. The molecule has 0 spiro atoms. The van der Waals surface area contributed by atoms with Gasteiger partial charge in [-0.3, -0.25) is 4.84 Å². The van der Waals surface area contributed by atoms with Crippen LogP contribution in [0.15, 0.2) is 54.6 Å². The maximum Gasteiger partial charge on any atom is 0.104 e. The highest BCUT2D eigenvalue weighted by Crippen LogP contribution is 2.24. The Morgan fingerprint density at radius 2 is 1.73 bits per heavy atom. The van der Waals surface area contributed by atoms with E-state index in [9.17, 15) is 0 Å². The lowest BCUT2D eigenvalue weighted by molar-refractivity contribution is -0.0556. The smallest absolute Gasteiger partial charge is 0.104 e. The molecule has 2 atom stereocenters. The van der Waals surface area contributed by atoms with Crippen LogP contribution in [0, 0.1) is 5.92 Å². The highest BCUT2D eigenvalue weighted by atomic mass is 16.7. The van der Waals surface area contributed by atoms with Crippen molar-refractivity contribution in [2.75, 3.05) is 0 Å². The van der Waals surface area contributed by atoms with Crippen molar-refractivity contribution in [3.63, 3.8) is 0 Å². The van der Waals surface area contributed by atoms with Crippen LogP contribution in [0.2, 0.25) is 0 Å². The Morgan fingerprint density at radius 1 is 1.00 bits per heavy atom. The molecule has 0 amide bonds. The molecule has 0 saturated heterocycles. The summed E-state index contributed by atoms with van der Waals surface area (Å²) in [6, 6.07) is 10.9. The number of rotatable bonds is 10. The van der Waals surface area contributed by atoms with E-state index < -0.39 is 0 Å². The summed E-state index contributed by atoms with van der Waals surface area (Å²) in [4.78, 5) is 6.12. The van der Waals surface area contributed by atoms with E-state index in [2.05, 4.69) is 74.0 Å². The van der Waals surface area contributed by atoms with Gasteiger partial charge in [0.25, 0.3) is 0 Å². The van der Waals surface area contributed by atoms with Crippen molar-refractivity contribution >= 4 is 0 Å². The van der Waals surface area contributed by atoms with Gasteiger partial charge < -0.3 is 0 Å². The van der Waals surface area contributed by atoms with Crippen LogP contribution in [0.4, 0.5) is 0 Å². The summed E-state index contributed by atoms with van der Waals surface area (Å²) in [7, 11) is 0. The van der Waals surface area contributed by atoms with E-state index in [1.807, 2.05) is 0 Å². The van der Waals surface area contributed by atoms with Gasteiger partial charge in [-0.05, 0) is 18.4 Å². The molecule has 0 heterocycles. The van der Waals surface area contributed by atoms with Crippen molar-refractivity contribution in [1.82, 2.24) is 5.48 Å². The van der Waals surface area contributed by atoms with Crippen LogP contribution in [0.3, 0.4) is 0 Å². The van der Waals surface area contributed by atoms with Gasteiger partial charge in [0.2, 0.25) is 0 Å². The van der Waals surface area contributed by atoms with Gasteiger partial charge in [0.05, 0.1) is 0 Å². The lowest BCUT2D eigenvalue weighted by Crippen LogP contribution is -2.35. The van der Waals surface area contributed by atoms with Crippen LogP contribution in [0.5, 0.6) is 0 Å². The van der Waals surface area contributed by atoms with Crippen molar-refractivity contribution in [2.24, 2.45) is 5.92 Å². The Hall–Kier alpha value is -1.38. The first kappa shape index (κ1) is 17.0. The fraction of sp³-hybridized carbons (Fsp3) is 0.500. The van der Waals surface area contributed by atoms with E-state index in [-0.39, 0.29) is 6.10 Å². The summed E-state index contributed by atoms with van der Waals surface area (Å²) < 4.78 is 0. The molecule has 0 unspecified atom stereocenters. The predicted molar refractivity (Wildman–Crippen MR) is 93.4 cm³/mol. The molecule has 1 aromatic carbocycles. The molecule has 1 aliphatic carbocycles. The fourth-order valence-electron chi connectivity index (χ4n) is 2.86. The number of hydrogen-bond donors (Lipinski definition) is 1. The van der Waals surface area contributed by atoms with Crippen molar-refractivity contribution in [2.45, 2.75) is 58.1 Å². The third-order valence-electron chi connectivity index (χ3n) is 4.19. The van der Waals surface area contributed by atoms with E-state index in [4.69, 9.17) is 4.84 Å². The Labute approximate surface area is 135 Å². The minimum Gasteiger partial charge on any atom is -0.293 e. The maximum absolute atomic E-state index is 6.12. The number of unbranched alkanes of at least 4 members (excludes halogenated alkanes) is 1. The molecule has 0 saturated carbocycles. The summed E-state index contributed by atoms with van der Waals surface area (Å²) in [6.45, 7) is 4.44. The van der Waals surface area contributed by atoms with Crippen LogP contribution in [0.25, 0.3) is 0 Å². The van der Waals surface area contributed by atoms with E-state index in [0.29, 0.717) is 12.0 Å². The third-order valence-corrected chi connectivity index (χ3v) is 4.19. The van der Waals surface area contributed by atoms with Crippen molar-refractivity contribution in [1.29, 1.82) is 0 Å². The zero-order valence-electron chi connectivity index (χ0n) is 13.9. The van der Waals surface area contributed by atoms with Gasteiger partial charge in [0.1, 0.15) is 6.10 Å². The van der Waals surface area contributed by atoms with Gasteiger partial charge in [-0.25, -0.2) is 0 Å². The number of hydrogen-bond acceptors (Lipinski definition) is 2. The summed E-state index contributed by atoms with van der Waals surface area (Å²) in [6.07, 6.45) is 14.6. The fourth-order valence-corrected chi connectivity index (χ4v) is 2.86. The normalized spacial score (nSPS) is 17.0. The van der Waals surface area contributed by atoms with Gasteiger partial charge in [-0.1, -0.05) is 87.7 Å². The van der Waals surface area contributed by atoms with E-state index >= 15 is 0 Å². The molecule has 1 aliphatic rings. The second kappa shape index (κ2) is 9.60. The SMILES string of the molecule is CCCC[C@H](NO[C@@H](CCC)c1ccccc1)C1C=CC=C1. The number of benzene rings is 1. The summed E-state index contributed by atoms with van der Waals surface area (Å²) in [5.41, 5.74) is 4.63. The Kier molecular flexibility index (Phi) is 7.41. The summed E-state index contributed by atoms with van der Waals surface area (Å²) in [5.74, 6) is 0.449. The minimum atomic E-state index is 0.129. The van der Waals surface area contributed by atoms with Crippen LogP contribution in [-0.4, -0.2) is 6.04 Å². The predicted octanol–water partition coefficient (Wildman–Crippen LogP) is 5.35. The topological polar surface area (TPSA) is 21.3 Å². The molecule has 0 bridgehead atoms. The van der Waals surface area contributed by atoms with Gasteiger partial charge in [0, 0.05) is 12.0 Å². The Morgan fingerprint density at radius 3 is 2.36 bits per heavy atom. The number of allylic oxidation sites excluding steroid dienone is 2. The minimum absolute atomic E-state index is 0.129. The molecule has 1 aromatic rings. The average Bonchev–Trinajstić information content (AvgIpc) is 3.09. The summed E-state index contributed by atoms with van der Waals surface area (Å²) >= 11 is 0. The Balaban J connectivity index is 1.95. The van der Waals surface area contributed by atoms with Crippen molar-refractivity contribution in [3.05, 3.63) is 60.2 Å². The molecule has 2 rings (SSSR count). The zero-order valence-corrected chi connectivity index (χ0v) is 13.9. The molecule has 0 fully saturated rings. The average molecular weight is 299 g/mol. The van der Waals surface area contributed by atoms with E-state index in [1.54, 1.807) is 0 Å². The third kappa shape index (κ3) is 5.11. The van der Waals surface area contributed by atoms with Gasteiger partial charge in [0.15, 0.2) is 0 Å². The molecule has 2 nitrogen and oxygen atoms in total. The second-order valence-corrected chi connectivity index (χ2v) is 6.02. The lowest BCUT2D eigenvalue weighted by Gasteiger charge is -2.26. The highest BCUT2D eigenvalue weighted by Gasteiger charge is 2.20. The number of hydroxylamine groups is 1. The van der Waals surface area contributed by atoms with Crippen molar-refractivity contribution in [3.8, 4) is 0 Å². The molecule has 22 heavy (non-hydrogen) atoms. The van der Waals surface area contributed by atoms with Gasteiger partial charge in [-0.15, -0.1) is 0 Å². The van der Waals surface area contributed by atoms with Gasteiger partial charge in [-0.2, -0.15) is 5.48 Å². The van der Waals surface area contributed by atoms with Crippen molar-refractivity contribution < 1.29 is 4.84 Å². The lowest BCUT2D eigenvalue weighted by atomic mass is 9.97. The first-order chi connectivity index (χ1) is 10.8. The van der Waals surface area contributed by atoms with Crippen LogP contribution in [-0.2, 0) is 4.84 Å². The molecular weight excluding hydrogens is 270 g/mol. The molecule has 120 valence electrons. The zero-order chi connectivity index (χ0) is 15.6. The van der Waals surface area contributed by atoms with Crippen LogP contribution < -0.4 is 5.48 Å². The monoisotopic (exact) mass is 299 g/mol.